The van der Waals surface area contributed by atoms with Gasteiger partial charge >= 0.3 is 17.9 Å². The number of benzene rings is 3. The Labute approximate surface area is 322 Å². The van der Waals surface area contributed by atoms with E-state index in [4.69, 9.17) is 40.0 Å². The van der Waals surface area contributed by atoms with Gasteiger partial charge in [0.1, 0.15) is 12.4 Å². The molecular weight excluding hydrogens is 792 g/mol. The van der Waals surface area contributed by atoms with Crippen LogP contribution < -0.4 is 29.1 Å². The van der Waals surface area contributed by atoms with Crippen LogP contribution in [0.15, 0.2) is 80.1 Å². The molecule has 3 aromatic carbocycles. The normalized spacial score (nSPS) is 13.9. The van der Waals surface area contributed by atoms with Crippen molar-refractivity contribution in [3.05, 3.63) is 117 Å². The summed E-state index contributed by atoms with van der Waals surface area (Å²) in [6.07, 6.45) is 1.66. The molecule has 0 bridgehead atoms. The highest BCUT2D eigenvalue weighted by Gasteiger charge is 2.34. The van der Waals surface area contributed by atoms with Crippen molar-refractivity contribution >= 4 is 62.9 Å². The first-order chi connectivity index (χ1) is 25.5. The Balaban J connectivity index is 1.58. The van der Waals surface area contributed by atoms with Crippen LogP contribution in [0.5, 0.6) is 17.2 Å². The smallest absolute Gasteiger partial charge is 0.343 e. The van der Waals surface area contributed by atoms with Crippen molar-refractivity contribution in [1.29, 1.82) is 0 Å². The number of fused-ring (bicyclic) bond motifs is 1. The molecule has 15 heteroatoms. The quantitative estimate of drug-likeness (QED) is 0.111. The van der Waals surface area contributed by atoms with Crippen LogP contribution in [0.4, 0.5) is 0 Å². The average Bonchev–Trinajstić information content (AvgIpc) is 3.43. The van der Waals surface area contributed by atoms with E-state index in [0.29, 0.717) is 52.7 Å². The van der Waals surface area contributed by atoms with Crippen molar-refractivity contribution in [3.8, 4) is 17.2 Å². The van der Waals surface area contributed by atoms with Gasteiger partial charge in [-0.25, -0.2) is 19.4 Å². The predicted molar refractivity (Wildman–Crippen MR) is 201 cm³/mol. The lowest BCUT2D eigenvalue weighted by molar-refractivity contribution is -0.143. The van der Waals surface area contributed by atoms with Gasteiger partial charge in [0, 0.05) is 10.6 Å². The van der Waals surface area contributed by atoms with Gasteiger partial charge in [-0.1, -0.05) is 41.1 Å². The van der Waals surface area contributed by atoms with E-state index in [1.165, 1.54) is 11.7 Å². The Bertz CT molecular complexity index is 2250. The SMILES string of the molecule is CCOC(=O)C1=C(C)N=c2s/c(=C/c3cc(Cl)cc(Br)c3OCc3ccc(C(=O)OCC)cc3)c(=O)n2[C@@H]1c1ccc(OCC(=O)OC)c(OCC)c1. The maximum atomic E-state index is 14.4. The highest BCUT2D eigenvalue weighted by Crippen LogP contribution is 2.37. The van der Waals surface area contributed by atoms with Gasteiger partial charge in [0.05, 0.1) is 58.8 Å². The lowest BCUT2D eigenvalue weighted by Crippen LogP contribution is -2.40. The van der Waals surface area contributed by atoms with Gasteiger partial charge in [0.2, 0.25) is 0 Å². The molecule has 53 heavy (non-hydrogen) atoms. The third-order valence-electron chi connectivity index (χ3n) is 7.85. The zero-order valence-corrected chi connectivity index (χ0v) is 32.7. The number of methoxy groups -OCH3 is 1. The summed E-state index contributed by atoms with van der Waals surface area (Å²) in [5.74, 6) is -0.597. The van der Waals surface area contributed by atoms with Gasteiger partial charge in [-0.05, 0) is 97.2 Å². The Morgan fingerprint density at radius 1 is 0.925 bits per heavy atom. The van der Waals surface area contributed by atoms with E-state index in [1.54, 1.807) is 88.4 Å². The first-order valence-electron chi connectivity index (χ1n) is 16.5. The molecule has 0 radical (unpaired) electrons. The van der Waals surface area contributed by atoms with Crippen molar-refractivity contribution in [2.24, 2.45) is 4.99 Å². The molecule has 0 amide bonds. The molecule has 1 aromatic heterocycles. The van der Waals surface area contributed by atoms with Crippen LogP contribution in [0.2, 0.25) is 5.02 Å². The summed E-state index contributed by atoms with van der Waals surface area (Å²) in [7, 11) is 1.26. The van der Waals surface area contributed by atoms with E-state index < -0.39 is 29.5 Å². The fourth-order valence-corrected chi connectivity index (χ4v) is 7.46. The van der Waals surface area contributed by atoms with E-state index in [1.807, 2.05) is 0 Å². The summed E-state index contributed by atoms with van der Waals surface area (Å²) in [4.78, 5) is 56.7. The topological polar surface area (TPSA) is 141 Å². The molecule has 5 rings (SSSR count). The molecule has 1 aliphatic rings. The number of esters is 3. The Kier molecular flexibility index (Phi) is 13.1. The number of thiazole rings is 1. The maximum Gasteiger partial charge on any atom is 0.343 e. The fourth-order valence-electron chi connectivity index (χ4n) is 5.47. The van der Waals surface area contributed by atoms with E-state index >= 15 is 0 Å². The molecule has 0 spiro atoms. The van der Waals surface area contributed by atoms with Gasteiger partial charge in [-0.3, -0.25) is 9.36 Å². The van der Waals surface area contributed by atoms with Crippen LogP contribution in [-0.2, 0) is 30.4 Å². The van der Waals surface area contributed by atoms with Crippen LogP contribution >= 0.6 is 38.9 Å². The van der Waals surface area contributed by atoms with Gasteiger partial charge in [-0.2, -0.15) is 0 Å². The Morgan fingerprint density at radius 3 is 2.32 bits per heavy atom. The molecule has 1 aliphatic heterocycles. The number of hydrogen-bond acceptors (Lipinski definition) is 12. The van der Waals surface area contributed by atoms with Gasteiger partial charge < -0.3 is 28.4 Å². The summed E-state index contributed by atoms with van der Waals surface area (Å²) >= 11 is 11.2. The van der Waals surface area contributed by atoms with E-state index in [2.05, 4.69) is 20.9 Å². The minimum absolute atomic E-state index is 0.110. The molecular formula is C38H36BrClN2O10S. The number of nitrogens with zero attached hydrogens (tertiary/aromatic N) is 2. The second kappa shape index (κ2) is 17.7. The standard InChI is InChI=1S/C38H36BrClN2O10S/c1-6-48-29-16-24(13-14-28(29)51-20-31(43)47-5)33-32(37(46)50-8-3)21(4)41-38-42(33)35(44)30(53-38)17-25-15-26(40)18-27(39)34(25)52-19-22-9-11-23(12-10-22)36(45)49-7-2/h9-18,33H,6-8,19-20H2,1-5H3/b30-17+/t33-/m1/s1. The molecule has 0 fully saturated rings. The number of rotatable bonds is 14. The molecule has 4 aromatic rings. The van der Waals surface area contributed by atoms with Crippen LogP contribution in [-0.4, -0.2) is 56.0 Å². The van der Waals surface area contributed by atoms with Crippen LogP contribution in [0.25, 0.3) is 6.08 Å². The van der Waals surface area contributed by atoms with E-state index in [-0.39, 0.29) is 44.4 Å². The van der Waals surface area contributed by atoms with Crippen LogP contribution in [0, 0.1) is 0 Å². The van der Waals surface area contributed by atoms with Gasteiger partial charge in [0.25, 0.3) is 5.56 Å². The molecule has 278 valence electrons. The van der Waals surface area contributed by atoms with Crippen molar-refractivity contribution in [3.63, 3.8) is 0 Å². The van der Waals surface area contributed by atoms with E-state index in [9.17, 15) is 19.2 Å². The van der Waals surface area contributed by atoms with Crippen molar-refractivity contribution in [2.45, 2.75) is 40.3 Å². The molecule has 1 atom stereocenters. The van der Waals surface area contributed by atoms with E-state index in [0.717, 1.165) is 16.9 Å². The summed E-state index contributed by atoms with van der Waals surface area (Å²) in [5, 5.41) is 0.401. The maximum absolute atomic E-state index is 14.4. The van der Waals surface area contributed by atoms with Crippen LogP contribution in [0.1, 0.15) is 60.8 Å². The number of halogens is 2. The Hall–Kier alpha value is -4.92. The summed E-state index contributed by atoms with van der Waals surface area (Å²) in [6.45, 7) is 7.39. The highest BCUT2D eigenvalue weighted by molar-refractivity contribution is 9.10. The second-order valence-electron chi connectivity index (χ2n) is 11.3. The molecule has 0 saturated carbocycles. The molecule has 0 unspecified atom stereocenters. The molecule has 0 N–H and O–H groups in total. The molecule has 0 saturated heterocycles. The summed E-state index contributed by atoms with van der Waals surface area (Å²) in [5.41, 5.74) is 2.40. The first kappa shape index (κ1) is 39.3. The number of carbonyl (C=O) groups is 3. The van der Waals surface area contributed by atoms with Crippen LogP contribution in [0.3, 0.4) is 0 Å². The van der Waals surface area contributed by atoms with Gasteiger partial charge in [0.15, 0.2) is 22.9 Å². The summed E-state index contributed by atoms with van der Waals surface area (Å²) < 4.78 is 35.2. The second-order valence-corrected chi connectivity index (χ2v) is 13.6. The largest absolute Gasteiger partial charge is 0.490 e. The Morgan fingerprint density at radius 2 is 1.64 bits per heavy atom. The third-order valence-corrected chi connectivity index (χ3v) is 9.64. The first-order valence-corrected chi connectivity index (χ1v) is 18.5. The minimum Gasteiger partial charge on any atom is -0.490 e. The third kappa shape index (κ3) is 9.00. The zero-order chi connectivity index (χ0) is 38.2. The molecule has 0 aliphatic carbocycles. The number of hydrogen-bond donors (Lipinski definition) is 0. The monoisotopic (exact) mass is 826 g/mol. The highest BCUT2D eigenvalue weighted by atomic mass is 79.9. The minimum atomic E-state index is -0.944. The number of ether oxygens (including phenoxy) is 6. The summed E-state index contributed by atoms with van der Waals surface area (Å²) in [6, 6.07) is 14.2. The molecule has 12 nitrogen and oxygen atoms in total. The number of aromatic nitrogens is 1. The van der Waals surface area contributed by atoms with Crippen molar-refractivity contribution < 1.29 is 42.8 Å². The van der Waals surface area contributed by atoms with Crippen molar-refractivity contribution in [2.75, 3.05) is 33.5 Å². The molecule has 2 heterocycles. The van der Waals surface area contributed by atoms with Crippen molar-refractivity contribution in [1.82, 2.24) is 4.57 Å². The fraction of sp³-hybridized carbons (Fsp3) is 0.289. The average molecular weight is 828 g/mol. The number of carbonyl (C=O) groups excluding carboxylic acids is 3. The lowest BCUT2D eigenvalue weighted by Gasteiger charge is -2.25. The lowest BCUT2D eigenvalue weighted by atomic mass is 9.95. The van der Waals surface area contributed by atoms with Gasteiger partial charge in [-0.15, -0.1) is 0 Å². The predicted octanol–water partition coefficient (Wildman–Crippen LogP) is 5.92. The zero-order valence-electron chi connectivity index (χ0n) is 29.5. The number of allylic oxidation sites excluding steroid dienone is 1.